The van der Waals surface area contributed by atoms with E-state index in [1.54, 1.807) is 23.0 Å². The van der Waals surface area contributed by atoms with Gasteiger partial charge in [-0.15, -0.1) is 0 Å². The third kappa shape index (κ3) is 4.27. The van der Waals surface area contributed by atoms with Crippen LogP contribution in [0.5, 0.6) is 0 Å². The summed E-state index contributed by atoms with van der Waals surface area (Å²) in [5.41, 5.74) is 3.30. The first-order valence-electron chi connectivity index (χ1n) is 9.16. The molecule has 1 fully saturated rings. The largest absolute Gasteiger partial charge is 0.443 e. The molecule has 3 rings (SSSR count). The average Bonchev–Trinajstić information content (AvgIpc) is 2.99. The number of aryl methyl sites for hydroxylation is 1. The zero-order chi connectivity index (χ0) is 19.6. The molecule has 27 heavy (non-hydrogen) atoms. The standard InChI is InChI=1S/C18H25N7O2/c1-18(2,3)27-17(26)23-25(12-8-6-5-7-9-12)16-14-15(24(4)11-20-14)21-13(10-19)22-16/h11-12H,5-9H2,1-4H3,(H,23,26). The van der Waals surface area contributed by atoms with Crippen molar-refractivity contribution in [1.29, 1.82) is 5.26 Å². The predicted molar refractivity (Wildman–Crippen MR) is 99.7 cm³/mol. The Balaban J connectivity index is 2.03. The molecule has 9 nitrogen and oxygen atoms in total. The number of ether oxygens (including phenoxy) is 1. The van der Waals surface area contributed by atoms with Gasteiger partial charge in [0.15, 0.2) is 17.0 Å². The molecular formula is C18H25N7O2. The van der Waals surface area contributed by atoms with Crippen molar-refractivity contribution in [3.05, 3.63) is 12.2 Å². The minimum atomic E-state index is -0.619. The van der Waals surface area contributed by atoms with Gasteiger partial charge >= 0.3 is 6.09 Å². The van der Waals surface area contributed by atoms with Gasteiger partial charge in [-0.3, -0.25) is 5.01 Å². The number of hydrogen-bond donors (Lipinski definition) is 1. The van der Waals surface area contributed by atoms with Gasteiger partial charge in [-0.05, 0) is 33.6 Å². The van der Waals surface area contributed by atoms with Crippen molar-refractivity contribution >= 4 is 23.1 Å². The van der Waals surface area contributed by atoms with E-state index < -0.39 is 11.7 Å². The fourth-order valence-corrected chi connectivity index (χ4v) is 3.27. The maximum atomic E-state index is 12.5. The summed E-state index contributed by atoms with van der Waals surface area (Å²) < 4.78 is 7.16. The van der Waals surface area contributed by atoms with Crippen LogP contribution in [0.15, 0.2) is 6.33 Å². The summed E-state index contributed by atoms with van der Waals surface area (Å²) in [6, 6.07) is 2.05. The van der Waals surface area contributed by atoms with E-state index in [1.807, 2.05) is 26.8 Å². The van der Waals surface area contributed by atoms with Gasteiger partial charge in [0.1, 0.15) is 11.7 Å². The molecular weight excluding hydrogens is 346 g/mol. The van der Waals surface area contributed by atoms with Gasteiger partial charge in [0, 0.05) is 7.05 Å². The number of nitrogens with one attached hydrogen (secondary N) is 1. The first-order valence-corrected chi connectivity index (χ1v) is 9.16. The molecule has 2 aromatic heterocycles. The smallest absolute Gasteiger partial charge is 0.426 e. The van der Waals surface area contributed by atoms with Gasteiger partial charge in [-0.1, -0.05) is 19.3 Å². The summed E-state index contributed by atoms with van der Waals surface area (Å²) in [5, 5.41) is 11.1. The molecule has 0 aliphatic heterocycles. The van der Waals surface area contributed by atoms with Crippen LogP contribution in [-0.2, 0) is 11.8 Å². The lowest BCUT2D eigenvalue weighted by Crippen LogP contribution is -2.51. The molecule has 2 aromatic rings. The third-order valence-corrected chi connectivity index (χ3v) is 4.42. The van der Waals surface area contributed by atoms with Gasteiger partial charge in [0.05, 0.1) is 12.4 Å². The fraction of sp³-hybridized carbons (Fsp3) is 0.611. The SMILES string of the molecule is Cn1cnc2c(N(NC(=O)OC(C)(C)C)C3CCCCC3)nc(C#N)nc21. The number of fused-ring (bicyclic) bond motifs is 1. The van der Waals surface area contributed by atoms with Crippen molar-refractivity contribution in [3.8, 4) is 6.07 Å². The van der Waals surface area contributed by atoms with Gasteiger partial charge < -0.3 is 9.30 Å². The number of hydrazine groups is 1. The Morgan fingerprint density at radius 2 is 2.04 bits per heavy atom. The first-order chi connectivity index (χ1) is 12.8. The Hall–Kier alpha value is -2.89. The molecule has 0 bridgehead atoms. The normalized spacial score (nSPS) is 15.4. The van der Waals surface area contributed by atoms with Crippen molar-refractivity contribution < 1.29 is 9.53 Å². The van der Waals surface area contributed by atoms with E-state index in [0.29, 0.717) is 17.0 Å². The molecule has 0 saturated heterocycles. The molecule has 9 heteroatoms. The monoisotopic (exact) mass is 371 g/mol. The molecule has 0 radical (unpaired) electrons. The molecule has 144 valence electrons. The van der Waals surface area contributed by atoms with Crippen LogP contribution in [-0.4, -0.2) is 37.3 Å². The zero-order valence-corrected chi connectivity index (χ0v) is 16.2. The lowest BCUT2D eigenvalue weighted by Gasteiger charge is -2.35. The van der Waals surface area contributed by atoms with Crippen LogP contribution in [0.4, 0.5) is 10.6 Å². The molecule has 1 aliphatic carbocycles. The number of nitriles is 1. The van der Waals surface area contributed by atoms with Crippen LogP contribution >= 0.6 is 0 Å². The molecule has 0 spiro atoms. The second-order valence-electron chi connectivity index (χ2n) is 7.79. The molecule has 1 aliphatic rings. The van der Waals surface area contributed by atoms with Crippen molar-refractivity contribution in [2.24, 2.45) is 7.05 Å². The first kappa shape index (κ1) is 18.9. The number of imidazole rings is 1. The number of rotatable bonds is 3. The average molecular weight is 371 g/mol. The van der Waals surface area contributed by atoms with Gasteiger partial charge in [-0.25, -0.2) is 15.2 Å². The second-order valence-corrected chi connectivity index (χ2v) is 7.79. The fourth-order valence-electron chi connectivity index (χ4n) is 3.27. The van der Waals surface area contributed by atoms with Crippen LogP contribution in [0.3, 0.4) is 0 Å². The minimum absolute atomic E-state index is 0.0351. The van der Waals surface area contributed by atoms with Crippen LogP contribution in [0.2, 0.25) is 0 Å². The number of carbonyl (C=O) groups excluding carboxylic acids is 1. The number of aromatic nitrogens is 4. The van der Waals surface area contributed by atoms with Gasteiger partial charge in [0.2, 0.25) is 5.82 Å². The van der Waals surface area contributed by atoms with Crippen molar-refractivity contribution in [2.45, 2.75) is 64.5 Å². The predicted octanol–water partition coefficient (Wildman–Crippen LogP) is 2.81. The van der Waals surface area contributed by atoms with E-state index in [-0.39, 0.29) is 11.9 Å². The van der Waals surface area contributed by atoms with E-state index in [1.165, 1.54) is 6.42 Å². The Morgan fingerprint density at radius 3 is 2.67 bits per heavy atom. The van der Waals surface area contributed by atoms with Crippen LogP contribution in [0, 0.1) is 11.3 Å². The quantitative estimate of drug-likeness (QED) is 0.826. The highest BCUT2D eigenvalue weighted by Gasteiger charge is 2.29. The van der Waals surface area contributed by atoms with Crippen LogP contribution in [0.1, 0.15) is 58.7 Å². The second kappa shape index (κ2) is 7.39. The summed E-state index contributed by atoms with van der Waals surface area (Å²) in [5.74, 6) is 0.461. The van der Waals surface area contributed by atoms with Crippen LogP contribution in [0.25, 0.3) is 11.2 Å². The molecule has 0 aromatic carbocycles. The van der Waals surface area contributed by atoms with E-state index in [9.17, 15) is 10.1 Å². The lowest BCUT2D eigenvalue weighted by atomic mass is 9.95. The van der Waals surface area contributed by atoms with Crippen molar-refractivity contribution in [3.63, 3.8) is 0 Å². The van der Waals surface area contributed by atoms with Crippen LogP contribution < -0.4 is 10.4 Å². The summed E-state index contributed by atoms with van der Waals surface area (Å²) >= 11 is 0. The number of anilines is 1. The Kier molecular flexibility index (Phi) is 5.17. The van der Waals surface area contributed by atoms with E-state index in [2.05, 4.69) is 20.4 Å². The Morgan fingerprint density at radius 1 is 1.33 bits per heavy atom. The Bertz CT molecular complexity index is 872. The molecule has 0 unspecified atom stereocenters. The summed E-state index contributed by atoms with van der Waals surface area (Å²) in [7, 11) is 1.81. The molecule has 1 amide bonds. The van der Waals surface area contributed by atoms with Crippen molar-refractivity contribution in [2.75, 3.05) is 5.01 Å². The molecule has 1 N–H and O–H groups in total. The van der Waals surface area contributed by atoms with Crippen molar-refractivity contribution in [1.82, 2.24) is 24.9 Å². The number of hydrogen-bond acceptors (Lipinski definition) is 7. The summed E-state index contributed by atoms with van der Waals surface area (Å²) in [6.07, 6.45) is 6.19. The molecule has 0 atom stereocenters. The highest BCUT2D eigenvalue weighted by Crippen LogP contribution is 2.29. The van der Waals surface area contributed by atoms with E-state index in [4.69, 9.17) is 4.74 Å². The highest BCUT2D eigenvalue weighted by atomic mass is 16.6. The minimum Gasteiger partial charge on any atom is -0.443 e. The highest BCUT2D eigenvalue weighted by molar-refractivity contribution is 5.85. The summed E-state index contributed by atoms with van der Waals surface area (Å²) in [4.78, 5) is 25.5. The van der Waals surface area contributed by atoms with Gasteiger partial charge in [-0.2, -0.15) is 15.2 Å². The maximum absolute atomic E-state index is 12.5. The summed E-state index contributed by atoms with van der Waals surface area (Å²) in [6.45, 7) is 5.44. The number of carbonyl (C=O) groups is 1. The Labute approximate surface area is 158 Å². The number of nitrogens with zero attached hydrogens (tertiary/aromatic N) is 6. The van der Waals surface area contributed by atoms with E-state index >= 15 is 0 Å². The maximum Gasteiger partial charge on any atom is 0.426 e. The third-order valence-electron chi connectivity index (χ3n) is 4.42. The van der Waals surface area contributed by atoms with Gasteiger partial charge in [0.25, 0.3) is 0 Å². The molecule has 1 saturated carbocycles. The number of amides is 1. The zero-order valence-electron chi connectivity index (χ0n) is 16.2. The topological polar surface area (TPSA) is 109 Å². The lowest BCUT2D eigenvalue weighted by molar-refractivity contribution is 0.0511. The molecule has 2 heterocycles. The van der Waals surface area contributed by atoms with E-state index in [0.717, 1.165) is 25.7 Å².